The fraction of sp³-hybridized carbons (Fsp3) is 0.500. The summed E-state index contributed by atoms with van der Waals surface area (Å²) in [6.07, 6.45) is 5.10. The molecule has 0 saturated heterocycles. The summed E-state index contributed by atoms with van der Waals surface area (Å²) in [7, 11) is 0. The van der Waals surface area contributed by atoms with Crippen LogP contribution in [0.3, 0.4) is 0 Å². The van der Waals surface area contributed by atoms with E-state index in [9.17, 15) is 5.11 Å². The highest BCUT2D eigenvalue weighted by Gasteiger charge is 2.38. The third kappa shape index (κ3) is 1.45. The van der Waals surface area contributed by atoms with Gasteiger partial charge in [0.15, 0.2) is 0 Å². The Bertz CT molecular complexity index is 287. The molecule has 1 aromatic rings. The van der Waals surface area contributed by atoms with Gasteiger partial charge in [-0.25, -0.2) is 4.98 Å². The minimum absolute atomic E-state index is 0.0163. The molecule has 0 aromatic carbocycles. The molecule has 70 valence electrons. The van der Waals surface area contributed by atoms with Crippen molar-refractivity contribution >= 4 is 11.6 Å². The summed E-state index contributed by atoms with van der Waals surface area (Å²) in [5.41, 5.74) is 1.10. The SMILES string of the molecule is OCC1(c2ccc(Cl)nc2)CCC1. The van der Waals surface area contributed by atoms with E-state index < -0.39 is 0 Å². The van der Waals surface area contributed by atoms with Crippen LogP contribution in [0.5, 0.6) is 0 Å². The fourth-order valence-electron chi connectivity index (χ4n) is 1.83. The van der Waals surface area contributed by atoms with Crippen LogP contribution in [0.15, 0.2) is 18.3 Å². The van der Waals surface area contributed by atoms with Crippen molar-refractivity contribution in [1.82, 2.24) is 4.98 Å². The zero-order valence-electron chi connectivity index (χ0n) is 7.33. The monoisotopic (exact) mass is 197 g/mol. The standard InChI is InChI=1S/C10H12ClNO/c11-9-3-2-8(6-12-9)10(7-13)4-1-5-10/h2-3,6,13H,1,4-5,7H2. The lowest BCUT2D eigenvalue weighted by atomic mass is 9.65. The van der Waals surface area contributed by atoms with Crippen molar-refractivity contribution in [3.63, 3.8) is 0 Å². The molecule has 1 N–H and O–H groups in total. The van der Waals surface area contributed by atoms with Gasteiger partial charge in [0, 0.05) is 11.6 Å². The molecule has 1 saturated carbocycles. The second-order valence-electron chi connectivity index (χ2n) is 3.66. The van der Waals surface area contributed by atoms with E-state index in [4.69, 9.17) is 11.6 Å². The van der Waals surface area contributed by atoms with Gasteiger partial charge in [-0.05, 0) is 24.5 Å². The van der Waals surface area contributed by atoms with Gasteiger partial charge in [-0.2, -0.15) is 0 Å². The van der Waals surface area contributed by atoms with Gasteiger partial charge < -0.3 is 5.11 Å². The van der Waals surface area contributed by atoms with Gasteiger partial charge in [-0.1, -0.05) is 24.1 Å². The molecule has 1 aliphatic carbocycles. The highest BCUT2D eigenvalue weighted by atomic mass is 35.5. The number of hydrogen-bond acceptors (Lipinski definition) is 2. The minimum Gasteiger partial charge on any atom is -0.395 e. The maximum Gasteiger partial charge on any atom is 0.129 e. The lowest BCUT2D eigenvalue weighted by Gasteiger charge is -2.40. The summed E-state index contributed by atoms with van der Waals surface area (Å²) in [6, 6.07) is 3.75. The van der Waals surface area contributed by atoms with E-state index in [2.05, 4.69) is 4.98 Å². The number of aliphatic hydroxyl groups excluding tert-OH is 1. The van der Waals surface area contributed by atoms with Crippen molar-refractivity contribution in [2.45, 2.75) is 24.7 Å². The molecule has 2 rings (SSSR count). The minimum atomic E-state index is -0.0163. The van der Waals surface area contributed by atoms with Gasteiger partial charge >= 0.3 is 0 Å². The highest BCUT2D eigenvalue weighted by molar-refractivity contribution is 6.29. The first-order valence-corrected chi connectivity index (χ1v) is 4.87. The molecule has 0 atom stereocenters. The van der Waals surface area contributed by atoms with E-state index in [-0.39, 0.29) is 12.0 Å². The van der Waals surface area contributed by atoms with Crippen molar-refractivity contribution in [3.8, 4) is 0 Å². The number of nitrogens with zero attached hydrogens (tertiary/aromatic N) is 1. The molecule has 1 aliphatic rings. The second-order valence-corrected chi connectivity index (χ2v) is 4.05. The molecule has 0 aliphatic heterocycles. The Hall–Kier alpha value is -0.600. The molecular formula is C10H12ClNO. The van der Waals surface area contributed by atoms with Crippen LogP contribution in [0.1, 0.15) is 24.8 Å². The lowest BCUT2D eigenvalue weighted by Crippen LogP contribution is -2.37. The van der Waals surface area contributed by atoms with Crippen LogP contribution in [-0.4, -0.2) is 16.7 Å². The average Bonchev–Trinajstić information content (AvgIpc) is 2.07. The molecule has 2 nitrogen and oxygen atoms in total. The number of halogens is 1. The van der Waals surface area contributed by atoms with Crippen LogP contribution in [0.25, 0.3) is 0 Å². The van der Waals surface area contributed by atoms with Crippen LogP contribution in [0, 0.1) is 0 Å². The summed E-state index contributed by atoms with van der Waals surface area (Å²) in [6.45, 7) is 0.219. The highest BCUT2D eigenvalue weighted by Crippen LogP contribution is 2.42. The van der Waals surface area contributed by atoms with Crippen LogP contribution >= 0.6 is 11.6 Å². The van der Waals surface area contributed by atoms with Gasteiger partial charge in [-0.15, -0.1) is 0 Å². The Morgan fingerprint density at radius 2 is 2.23 bits per heavy atom. The lowest BCUT2D eigenvalue weighted by molar-refractivity contribution is 0.120. The summed E-state index contributed by atoms with van der Waals surface area (Å²) in [4.78, 5) is 4.03. The summed E-state index contributed by atoms with van der Waals surface area (Å²) in [5.74, 6) is 0. The van der Waals surface area contributed by atoms with Gasteiger partial charge in [-0.3, -0.25) is 0 Å². The van der Waals surface area contributed by atoms with E-state index >= 15 is 0 Å². The van der Waals surface area contributed by atoms with Gasteiger partial charge in [0.05, 0.1) is 6.61 Å². The van der Waals surface area contributed by atoms with Gasteiger partial charge in [0.1, 0.15) is 5.15 Å². The predicted octanol–water partition coefficient (Wildman–Crippen LogP) is 2.15. The Morgan fingerprint density at radius 1 is 1.46 bits per heavy atom. The molecule has 0 spiro atoms. The number of hydrogen-bond donors (Lipinski definition) is 1. The first-order chi connectivity index (χ1) is 6.27. The van der Waals surface area contributed by atoms with Crippen molar-refractivity contribution < 1.29 is 5.11 Å². The topological polar surface area (TPSA) is 33.1 Å². The zero-order valence-corrected chi connectivity index (χ0v) is 8.09. The van der Waals surface area contributed by atoms with Crippen molar-refractivity contribution in [3.05, 3.63) is 29.0 Å². The van der Waals surface area contributed by atoms with E-state index in [0.717, 1.165) is 18.4 Å². The maximum absolute atomic E-state index is 9.30. The van der Waals surface area contributed by atoms with Gasteiger partial charge in [0.2, 0.25) is 0 Å². The van der Waals surface area contributed by atoms with Crippen LogP contribution in [0.4, 0.5) is 0 Å². The average molecular weight is 198 g/mol. The molecule has 0 bridgehead atoms. The van der Waals surface area contributed by atoms with Crippen molar-refractivity contribution in [2.75, 3.05) is 6.61 Å². The molecule has 0 amide bonds. The van der Waals surface area contributed by atoms with E-state index in [0.29, 0.717) is 5.15 Å². The molecular weight excluding hydrogens is 186 g/mol. The zero-order chi connectivity index (χ0) is 9.31. The normalized spacial score (nSPS) is 19.5. The Morgan fingerprint density at radius 3 is 2.62 bits per heavy atom. The second kappa shape index (κ2) is 3.28. The number of pyridine rings is 1. The van der Waals surface area contributed by atoms with Gasteiger partial charge in [0.25, 0.3) is 0 Å². The molecule has 1 fully saturated rings. The van der Waals surface area contributed by atoms with Crippen LogP contribution < -0.4 is 0 Å². The largest absolute Gasteiger partial charge is 0.395 e. The number of rotatable bonds is 2. The Balaban J connectivity index is 2.28. The Labute approximate surface area is 82.6 Å². The van der Waals surface area contributed by atoms with Crippen molar-refractivity contribution in [1.29, 1.82) is 0 Å². The van der Waals surface area contributed by atoms with E-state index in [1.54, 1.807) is 12.3 Å². The number of aromatic nitrogens is 1. The van der Waals surface area contributed by atoms with Crippen molar-refractivity contribution in [2.24, 2.45) is 0 Å². The third-order valence-electron chi connectivity index (χ3n) is 2.95. The smallest absolute Gasteiger partial charge is 0.129 e. The summed E-state index contributed by atoms with van der Waals surface area (Å²) >= 11 is 5.69. The predicted molar refractivity (Wildman–Crippen MR) is 51.9 cm³/mol. The van der Waals surface area contributed by atoms with E-state index in [1.807, 2.05) is 6.07 Å². The molecule has 13 heavy (non-hydrogen) atoms. The maximum atomic E-state index is 9.30. The summed E-state index contributed by atoms with van der Waals surface area (Å²) < 4.78 is 0. The fourth-order valence-corrected chi connectivity index (χ4v) is 1.94. The summed E-state index contributed by atoms with van der Waals surface area (Å²) in [5, 5.41) is 9.81. The third-order valence-corrected chi connectivity index (χ3v) is 3.18. The van der Waals surface area contributed by atoms with Crippen LogP contribution in [-0.2, 0) is 5.41 Å². The number of aliphatic hydroxyl groups is 1. The molecule has 3 heteroatoms. The first kappa shape index (κ1) is 8.97. The quantitative estimate of drug-likeness (QED) is 0.738. The molecule has 1 aromatic heterocycles. The molecule has 0 radical (unpaired) electrons. The van der Waals surface area contributed by atoms with Crippen LogP contribution in [0.2, 0.25) is 5.15 Å². The Kier molecular flexibility index (Phi) is 2.26. The molecule has 0 unspecified atom stereocenters. The molecule has 1 heterocycles. The van der Waals surface area contributed by atoms with E-state index in [1.165, 1.54) is 6.42 Å². The first-order valence-electron chi connectivity index (χ1n) is 4.50.